The second-order valence-electron chi connectivity index (χ2n) is 6.47. The van der Waals surface area contributed by atoms with Crippen molar-refractivity contribution < 1.29 is 32.3 Å². The molecule has 1 N–H and O–H groups in total. The Morgan fingerprint density at radius 3 is 2.39 bits per heavy atom. The van der Waals surface area contributed by atoms with Crippen molar-refractivity contribution >= 4 is 44.2 Å². The molecule has 0 fully saturated rings. The lowest BCUT2D eigenvalue weighted by Gasteiger charge is -2.12. The second kappa shape index (κ2) is 10.5. The minimum atomic E-state index is -3.72. The molecule has 0 aliphatic carbocycles. The van der Waals surface area contributed by atoms with Crippen molar-refractivity contribution in [2.24, 2.45) is 0 Å². The number of benzene rings is 1. The normalized spacial score (nSPS) is 11.3. The standard InChI is InChI=1S/C20H24N2O7S2/c1-5-14-11-16(20(25)28-6-2)18(30-14)21-17(23)12-29-19(24)13-8-7-9-15(10-13)31(26,27)22(3)4/h7-11H,5-6,12H2,1-4H3,(H,21,23). The quantitative estimate of drug-likeness (QED) is 0.562. The minimum Gasteiger partial charge on any atom is -0.462 e. The fourth-order valence-corrected chi connectivity index (χ4v) is 4.39. The van der Waals surface area contributed by atoms with E-state index in [2.05, 4.69) is 5.32 Å². The van der Waals surface area contributed by atoms with Crippen LogP contribution in [0.3, 0.4) is 0 Å². The summed E-state index contributed by atoms with van der Waals surface area (Å²) in [7, 11) is -0.962. The lowest BCUT2D eigenvalue weighted by molar-refractivity contribution is -0.119. The Hall–Kier alpha value is -2.76. The summed E-state index contributed by atoms with van der Waals surface area (Å²) in [6.07, 6.45) is 0.675. The van der Waals surface area contributed by atoms with E-state index in [-0.39, 0.29) is 22.6 Å². The molecule has 0 atom stereocenters. The summed E-state index contributed by atoms with van der Waals surface area (Å²) in [5.41, 5.74) is 0.234. The maximum atomic E-state index is 12.3. The van der Waals surface area contributed by atoms with Crippen molar-refractivity contribution in [2.45, 2.75) is 25.2 Å². The van der Waals surface area contributed by atoms with E-state index in [1.807, 2.05) is 6.92 Å². The monoisotopic (exact) mass is 468 g/mol. The molecule has 0 unspecified atom stereocenters. The van der Waals surface area contributed by atoms with E-state index < -0.39 is 34.5 Å². The molecule has 1 heterocycles. The molecule has 11 heteroatoms. The largest absolute Gasteiger partial charge is 0.462 e. The van der Waals surface area contributed by atoms with Crippen LogP contribution >= 0.6 is 11.3 Å². The first-order valence-corrected chi connectivity index (χ1v) is 11.6. The zero-order valence-corrected chi connectivity index (χ0v) is 19.3. The zero-order chi connectivity index (χ0) is 23.2. The highest BCUT2D eigenvalue weighted by Gasteiger charge is 2.21. The van der Waals surface area contributed by atoms with E-state index in [0.717, 1.165) is 9.18 Å². The number of anilines is 1. The Kier molecular flexibility index (Phi) is 8.31. The summed E-state index contributed by atoms with van der Waals surface area (Å²) in [5.74, 6) is -2.04. The van der Waals surface area contributed by atoms with Crippen LogP contribution in [0.1, 0.15) is 39.4 Å². The second-order valence-corrected chi connectivity index (χ2v) is 9.76. The Morgan fingerprint density at radius 1 is 1.06 bits per heavy atom. The van der Waals surface area contributed by atoms with E-state index in [9.17, 15) is 22.8 Å². The SMILES string of the molecule is CCOC(=O)c1cc(CC)sc1NC(=O)COC(=O)c1cccc(S(=O)(=O)N(C)C)c1. The van der Waals surface area contributed by atoms with Gasteiger partial charge in [-0.25, -0.2) is 22.3 Å². The molecule has 0 saturated carbocycles. The average molecular weight is 469 g/mol. The van der Waals surface area contributed by atoms with Crippen molar-refractivity contribution in [2.75, 3.05) is 32.6 Å². The van der Waals surface area contributed by atoms with Crippen molar-refractivity contribution in [3.05, 3.63) is 46.3 Å². The maximum Gasteiger partial charge on any atom is 0.341 e. The Morgan fingerprint density at radius 2 is 1.77 bits per heavy atom. The topological polar surface area (TPSA) is 119 Å². The molecular formula is C20H24N2O7S2. The van der Waals surface area contributed by atoms with Gasteiger partial charge in [0.2, 0.25) is 10.0 Å². The van der Waals surface area contributed by atoms with Gasteiger partial charge >= 0.3 is 11.9 Å². The molecule has 0 aliphatic heterocycles. The number of amides is 1. The van der Waals surface area contributed by atoms with E-state index in [0.29, 0.717) is 11.4 Å². The van der Waals surface area contributed by atoms with Gasteiger partial charge in [0.25, 0.3) is 5.91 Å². The highest BCUT2D eigenvalue weighted by atomic mass is 32.2. The average Bonchev–Trinajstić information content (AvgIpc) is 3.15. The molecule has 0 spiro atoms. The maximum absolute atomic E-state index is 12.3. The fourth-order valence-electron chi connectivity index (χ4n) is 2.44. The van der Waals surface area contributed by atoms with Gasteiger partial charge in [-0.05, 0) is 37.6 Å². The van der Waals surface area contributed by atoms with Crippen molar-refractivity contribution in [1.29, 1.82) is 0 Å². The van der Waals surface area contributed by atoms with Crippen molar-refractivity contribution in [3.8, 4) is 0 Å². The number of nitrogens with one attached hydrogen (secondary N) is 1. The van der Waals surface area contributed by atoms with Crippen LogP contribution in [0.5, 0.6) is 0 Å². The first-order chi connectivity index (χ1) is 14.6. The third kappa shape index (κ3) is 6.12. The lowest BCUT2D eigenvalue weighted by atomic mass is 10.2. The highest BCUT2D eigenvalue weighted by molar-refractivity contribution is 7.89. The van der Waals surface area contributed by atoms with E-state index in [1.54, 1.807) is 13.0 Å². The van der Waals surface area contributed by atoms with E-state index in [4.69, 9.17) is 9.47 Å². The van der Waals surface area contributed by atoms with Crippen LogP contribution in [-0.4, -0.2) is 57.9 Å². The van der Waals surface area contributed by atoms with Gasteiger partial charge in [0.05, 0.1) is 22.6 Å². The van der Waals surface area contributed by atoms with Gasteiger partial charge in [0, 0.05) is 19.0 Å². The predicted molar refractivity (Wildman–Crippen MR) is 116 cm³/mol. The molecule has 0 aliphatic rings. The predicted octanol–water partition coefficient (Wildman–Crippen LogP) is 2.53. The summed E-state index contributed by atoms with van der Waals surface area (Å²) >= 11 is 1.24. The van der Waals surface area contributed by atoms with Crippen LogP contribution in [-0.2, 0) is 30.7 Å². The minimum absolute atomic E-state index is 0.00710. The number of esters is 2. The van der Waals surface area contributed by atoms with Crippen molar-refractivity contribution in [1.82, 2.24) is 4.31 Å². The first-order valence-electron chi connectivity index (χ1n) is 9.39. The number of hydrogen-bond acceptors (Lipinski definition) is 8. The third-order valence-corrected chi connectivity index (χ3v) is 7.07. The third-order valence-electron chi connectivity index (χ3n) is 4.06. The van der Waals surface area contributed by atoms with Crippen LogP contribution in [0.25, 0.3) is 0 Å². The molecule has 1 aromatic heterocycles. The van der Waals surface area contributed by atoms with Gasteiger partial charge in [0.15, 0.2) is 6.61 Å². The molecule has 0 saturated heterocycles. The van der Waals surface area contributed by atoms with Gasteiger partial charge in [0.1, 0.15) is 5.00 Å². The lowest BCUT2D eigenvalue weighted by Crippen LogP contribution is -2.23. The molecule has 9 nitrogen and oxygen atoms in total. The van der Waals surface area contributed by atoms with E-state index >= 15 is 0 Å². The van der Waals surface area contributed by atoms with Gasteiger partial charge in [-0.3, -0.25) is 4.79 Å². The number of ether oxygens (including phenoxy) is 2. The number of thiophene rings is 1. The Balaban J connectivity index is 2.07. The smallest absolute Gasteiger partial charge is 0.341 e. The fraction of sp³-hybridized carbons (Fsp3) is 0.350. The zero-order valence-electron chi connectivity index (χ0n) is 17.6. The highest BCUT2D eigenvalue weighted by Crippen LogP contribution is 2.29. The summed E-state index contributed by atoms with van der Waals surface area (Å²) in [6, 6.07) is 7.00. The number of sulfonamides is 1. The molecule has 2 aromatic rings. The molecule has 1 amide bonds. The molecule has 0 bridgehead atoms. The molecule has 31 heavy (non-hydrogen) atoms. The van der Waals surface area contributed by atoms with Gasteiger partial charge in [-0.2, -0.15) is 0 Å². The summed E-state index contributed by atoms with van der Waals surface area (Å²) in [5, 5.41) is 2.88. The van der Waals surface area contributed by atoms with Gasteiger partial charge < -0.3 is 14.8 Å². The number of hydrogen-bond donors (Lipinski definition) is 1. The van der Waals surface area contributed by atoms with Gasteiger partial charge in [-0.15, -0.1) is 11.3 Å². The molecular weight excluding hydrogens is 444 g/mol. The van der Waals surface area contributed by atoms with Crippen LogP contribution in [0, 0.1) is 0 Å². The van der Waals surface area contributed by atoms with E-state index in [1.165, 1.54) is 49.7 Å². The number of rotatable bonds is 9. The molecule has 0 radical (unpaired) electrons. The first kappa shape index (κ1) is 24.5. The summed E-state index contributed by atoms with van der Waals surface area (Å²) in [4.78, 5) is 37.4. The van der Waals surface area contributed by atoms with Crippen LogP contribution in [0.15, 0.2) is 35.2 Å². The Labute approximate surface area is 185 Å². The summed E-state index contributed by atoms with van der Waals surface area (Å²) in [6.45, 7) is 3.19. The number of nitrogens with zero attached hydrogens (tertiary/aromatic N) is 1. The van der Waals surface area contributed by atoms with Crippen molar-refractivity contribution in [3.63, 3.8) is 0 Å². The number of carbonyl (C=O) groups excluding carboxylic acids is 3. The molecule has 2 rings (SSSR count). The number of carbonyl (C=O) groups is 3. The van der Waals surface area contributed by atoms with Crippen LogP contribution in [0.4, 0.5) is 5.00 Å². The van der Waals surface area contributed by atoms with Crippen LogP contribution < -0.4 is 5.32 Å². The van der Waals surface area contributed by atoms with Gasteiger partial charge in [-0.1, -0.05) is 13.0 Å². The molecule has 168 valence electrons. The Bertz CT molecular complexity index is 1070. The number of aryl methyl sites for hydroxylation is 1. The summed E-state index contributed by atoms with van der Waals surface area (Å²) < 4.78 is 35.4. The van der Waals surface area contributed by atoms with Crippen LogP contribution in [0.2, 0.25) is 0 Å². The molecule has 1 aromatic carbocycles.